The van der Waals surface area contributed by atoms with Gasteiger partial charge in [0.15, 0.2) is 5.69 Å². The molecule has 1 N–H and O–H groups in total. The molecule has 204 valence electrons. The lowest BCUT2D eigenvalue weighted by Crippen LogP contribution is -2.38. The molecule has 2 aliphatic rings. The number of carbonyl (C=O) groups is 1. The van der Waals surface area contributed by atoms with Gasteiger partial charge in [-0.2, -0.15) is 18.3 Å². The fourth-order valence-electron chi connectivity index (χ4n) is 4.83. The Morgan fingerprint density at radius 1 is 1.03 bits per heavy atom. The summed E-state index contributed by atoms with van der Waals surface area (Å²) in [6.07, 6.45) is -4.55. The zero-order valence-electron chi connectivity index (χ0n) is 21.1. The molecule has 12 heteroatoms. The third-order valence-electron chi connectivity index (χ3n) is 6.82. The Bertz CT molecular complexity index is 1280. The molecule has 38 heavy (non-hydrogen) atoms. The van der Waals surface area contributed by atoms with Crippen LogP contribution in [0.3, 0.4) is 0 Å². The first-order valence-electron chi connectivity index (χ1n) is 12.5. The number of fused-ring (bicyclic) bond motifs is 1. The maximum absolute atomic E-state index is 13.6. The van der Waals surface area contributed by atoms with Crippen molar-refractivity contribution in [2.75, 3.05) is 76.5 Å². The van der Waals surface area contributed by atoms with Crippen LogP contribution in [0.5, 0.6) is 5.75 Å². The van der Waals surface area contributed by atoms with E-state index in [-0.39, 0.29) is 11.4 Å². The van der Waals surface area contributed by atoms with Crippen molar-refractivity contribution in [3.8, 4) is 5.75 Å². The van der Waals surface area contributed by atoms with E-state index in [1.54, 1.807) is 30.0 Å². The monoisotopic (exact) mass is 533 g/mol. The largest absolute Gasteiger partial charge is 0.494 e. The molecular formula is C26H30F3N5O4. The van der Waals surface area contributed by atoms with Crippen molar-refractivity contribution in [1.82, 2.24) is 14.7 Å². The summed E-state index contributed by atoms with van der Waals surface area (Å²) in [6, 6.07) is 8.71. The normalized spacial score (nSPS) is 17.1. The molecule has 2 aromatic carbocycles. The summed E-state index contributed by atoms with van der Waals surface area (Å²) in [4.78, 5) is 17.7. The minimum atomic E-state index is -4.55. The summed E-state index contributed by atoms with van der Waals surface area (Å²) in [5.74, 6) is -0.0358. The first kappa shape index (κ1) is 26.3. The number of hydrogen-bond donors (Lipinski definition) is 1. The van der Waals surface area contributed by atoms with Crippen molar-refractivity contribution >= 4 is 28.2 Å². The highest BCUT2D eigenvalue weighted by Crippen LogP contribution is 2.36. The number of aromatic nitrogens is 2. The molecule has 0 atom stereocenters. The molecule has 1 amide bonds. The molecule has 1 aromatic heterocycles. The minimum Gasteiger partial charge on any atom is -0.494 e. The second-order valence-electron chi connectivity index (χ2n) is 9.17. The zero-order chi connectivity index (χ0) is 26.7. The Morgan fingerprint density at radius 3 is 2.42 bits per heavy atom. The third kappa shape index (κ3) is 5.57. The van der Waals surface area contributed by atoms with E-state index in [4.69, 9.17) is 14.2 Å². The molecule has 0 radical (unpaired) electrons. The number of nitrogens with zero attached hydrogens (tertiary/aromatic N) is 4. The number of carbonyl (C=O) groups excluding carboxylic acids is 1. The first-order chi connectivity index (χ1) is 18.3. The molecule has 0 spiro atoms. The van der Waals surface area contributed by atoms with Gasteiger partial charge in [-0.15, -0.1) is 0 Å². The van der Waals surface area contributed by atoms with Crippen LogP contribution in [-0.4, -0.2) is 86.8 Å². The summed E-state index contributed by atoms with van der Waals surface area (Å²) >= 11 is 0. The standard InChI is InChI=1S/C26H30F3N5O4/c1-36-22-4-2-3-19-23(31-34(24(19)22)8-7-32-9-13-37-14-10-32)25(35)30-20-17-18(26(27,28)29)5-6-21(20)33-11-15-38-16-12-33/h2-6,17H,7-16H2,1H3,(H,30,35). The van der Waals surface area contributed by atoms with Crippen molar-refractivity contribution in [1.29, 1.82) is 0 Å². The van der Waals surface area contributed by atoms with Crippen molar-refractivity contribution in [2.45, 2.75) is 12.7 Å². The Kier molecular flexibility index (Phi) is 7.73. The second-order valence-corrected chi connectivity index (χ2v) is 9.17. The van der Waals surface area contributed by atoms with E-state index in [0.717, 1.165) is 25.2 Å². The summed E-state index contributed by atoms with van der Waals surface area (Å²) < 4.78 is 58.7. The molecular weight excluding hydrogens is 503 g/mol. The lowest BCUT2D eigenvalue weighted by molar-refractivity contribution is -0.137. The molecule has 2 saturated heterocycles. The maximum atomic E-state index is 13.6. The van der Waals surface area contributed by atoms with Crippen molar-refractivity contribution in [2.24, 2.45) is 0 Å². The van der Waals surface area contributed by atoms with Gasteiger partial charge in [-0.25, -0.2) is 0 Å². The van der Waals surface area contributed by atoms with Gasteiger partial charge in [0.25, 0.3) is 5.91 Å². The molecule has 0 saturated carbocycles. The van der Waals surface area contributed by atoms with Gasteiger partial charge in [0, 0.05) is 38.1 Å². The van der Waals surface area contributed by atoms with Gasteiger partial charge in [0.2, 0.25) is 0 Å². The van der Waals surface area contributed by atoms with Crippen LogP contribution in [0.25, 0.3) is 10.9 Å². The van der Waals surface area contributed by atoms with Gasteiger partial charge in [-0.1, -0.05) is 12.1 Å². The highest BCUT2D eigenvalue weighted by molar-refractivity contribution is 6.13. The number of morpholine rings is 2. The number of nitrogens with one attached hydrogen (secondary N) is 1. The summed E-state index contributed by atoms with van der Waals surface area (Å²) in [7, 11) is 1.55. The zero-order valence-corrected chi connectivity index (χ0v) is 21.1. The number of hydrogen-bond acceptors (Lipinski definition) is 7. The summed E-state index contributed by atoms with van der Waals surface area (Å²) in [5.41, 5.74) is 0.512. The molecule has 5 rings (SSSR count). The van der Waals surface area contributed by atoms with Crippen LogP contribution < -0.4 is 15.0 Å². The number of amides is 1. The Balaban J connectivity index is 1.48. The van der Waals surface area contributed by atoms with Gasteiger partial charge < -0.3 is 24.4 Å². The average Bonchev–Trinajstić information content (AvgIpc) is 3.31. The van der Waals surface area contributed by atoms with E-state index in [2.05, 4.69) is 15.3 Å². The number of rotatable bonds is 7. The minimum absolute atomic E-state index is 0.0747. The predicted molar refractivity (Wildman–Crippen MR) is 136 cm³/mol. The van der Waals surface area contributed by atoms with Crippen molar-refractivity contribution in [3.63, 3.8) is 0 Å². The third-order valence-corrected chi connectivity index (χ3v) is 6.82. The Morgan fingerprint density at radius 2 is 1.74 bits per heavy atom. The molecule has 2 fully saturated rings. The van der Waals surface area contributed by atoms with Crippen LogP contribution in [0.4, 0.5) is 24.5 Å². The molecule has 3 aromatic rings. The van der Waals surface area contributed by atoms with E-state index in [9.17, 15) is 18.0 Å². The van der Waals surface area contributed by atoms with E-state index < -0.39 is 17.6 Å². The number of benzene rings is 2. The van der Waals surface area contributed by atoms with Crippen LogP contribution in [0.2, 0.25) is 0 Å². The lowest BCUT2D eigenvalue weighted by Gasteiger charge is -2.31. The number of halogens is 3. The van der Waals surface area contributed by atoms with E-state index in [1.165, 1.54) is 6.07 Å². The highest BCUT2D eigenvalue weighted by atomic mass is 19.4. The molecule has 9 nitrogen and oxygen atoms in total. The Labute approximate surface area is 218 Å². The lowest BCUT2D eigenvalue weighted by atomic mass is 10.1. The summed E-state index contributed by atoms with van der Waals surface area (Å²) in [6.45, 7) is 6.07. The van der Waals surface area contributed by atoms with Crippen molar-refractivity contribution in [3.05, 3.63) is 47.7 Å². The molecule has 0 unspecified atom stereocenters. The SMILES string of the molecule is COc1cccc2c(C(=O)Nc3cc(C(F)(F)F)ccc3N3CCOCC3)nn(CCN3CCOCC3)c12. The van der Waals surface area contributed by atoms with Gasteiger partial charge in [-0.05, 0) is 24.3 Å². The topological polar surface area (TPSA) is 81.1 Å². The number of anilines is 2. The van der Waals surface area contributed by atoms with E-state index >= 15 is 0 Å². The second kappa shape index (κ2) is 11.2. The number of para-hydroxylation sites is 1. The van der Waals surface area contributed by atoms with Crippen LogP contribution in [0.15, 0.2) is 36.4 Å². The smallest absolute Gasteiger partial charge is 0.416 e. The highest BCUT2D eigenvalue weighted by Gasteiger charge is 2.32. The van der Waals surface area contributed by atoms with Gasteiger partial charge in [0.05, 0.1) is 57.0 Å². The average molecular weight is 534 g/mol. The van der Waals surface area contributed by atoms with Gasteiger partial charge in [-0.3, -0.25) is 14.4 Å². The molecule has 2 aliphatic heterocycles. The van der Waals surface area contributed by atoms with Gasteiger partial charge in [0.1, 0.15) is 11.3 Å². The quantitative estimate of drug-likeness (QED) is 0.498. The van der Waals surface area contributed by atoms with E-state index in [0.29, 0.717) is 74.9 Å². The maximum Gasteiger partial charge on any atom is 0.416 e. The molecule has 0 aliphatic carbocycles. The van der Waals surface area contributed by atoms with Crippen LogP contribution in [0, 0.1) is 0 Å². The van der Waals surface area contributed by atoms with Crippen LogP contribution in [-0.2, 0) is 22.2 Å². The van der Waals surface area contributed by atoms with Crippen LogP contribution >= 0.6 is 0 Å². The fourth-order valence-corrected chi connectivity index (χ4v) is 4.83. The number of alkyl halides is 3. The number of methoxy groups -OCH3 is 1. The summed E-state index contributed by atoms with van der Waals surface area (Å²) in [5, 5.41) is 7.88. The predicted octanol–water partition coefficient (Wildman–Crippen LogP) is 3.48. The first-order valence-corrected chi connectivity index (χ1v) is 12.5. The van der Waals surface area contributed by atoms with Gasteiger partial charge >= 0.3 is 6.18 Å². The van der Waals surface area contributed by atoms with E-state index in [1.807, 2.05) is 4.90 Å². The molecule has 0 bridgehead atoms. The Hall–Kier alpha value is -3.35. The van der Waals surface area contributed by atoms with Crippen LogP contribution in [0.1, 0.15) is 16.1 Å². The number of ether oxygens (including phenoxy) is 3. The fraction of sp³-hybridized carbons (Fsp3) is 0.462. The van der Waals surface area contributed by atoms with Crippen molar-refractivity contribution < 1.29 is 32.2 Å². The molecule has 3 heterocycles.